The van der Waals surface area contributed by atoms with E-state index < -0.39 is 11.6 Å². The molecule has 0 aliphatic carbocycles. The summed E-state index contributed by atoms with van der Waals surface area (Å²) in [7, 11) is 0. The third kappa shape index (κ3) is 8.03. The fourth-order valence-electron chi connectivity index (χ4n) is 1.50. The molecule has 0 rings (SSSR count). The molecule has 18 heavy (non-hydrogen) atoms. The molecule has 6 nitrogen and oxygen atoms in total. The number of nitrogens with one attached hydrogen (secondary N) is 1. The number of hydrogen-bond donors (Lipinski definition) is 4. The summed E-state index contributed by atoms with van der Waals surface area (Å²) in [4.78, 5) is 22.0. The Hall–Kier alpha value is -1.14. The molecule has 0 aliphatic rings. The predicted molar refractivity (Wildman–Crippen MR) is 69.7 cm³/mol. The van der Waals surface area contributed by atoms with Crippen molar-refractivity contribution in [1.82, 2.24) is 5.32 Å². The second kappa shape index (κ2) is 8.88. The molecule has 0 atom stereocenters. The van der Waals surface area contributed by atoms with E-state index in [9.17, 15) is 9.59 Å². The predicted octanol–water partition coefficient (Wildman–Crippen LogP) is 0.552. The van der Waals surface area contributed by atoms with Gasteiger partial charge < -0.3 is 21.9 Å². The molecule has 0 aromatic heterocycles. The minimum absolute atomic E-state index is 0.0495. The molecule has 6 heteroatoms. The second-order valence-electron chi connectivity index (χ2n) is 4.61. The van der Waals surface area contributed by atoms with Crippen LogP contribution in [0.25, 0.3) is 0 Å². The highest BCUT2D eigenvalue weighted by atomic mass is 16.4. The number of rotatable bonds is 10. The van der Waals surface area contributed by atoms with Crippen LogP contribution in [-0.2, 0) is 9.59 Å². The lowest BCUT2D eigenvalue weighted by Gasteiger charge is -2.18. The molecule has 0 fully saturated rings. The Balaban J connectivity index is 3.51. The van der Waals surface area contributed by atoms with E-state index in [1.165, 1.54) is 0 Å². The van der Waals surface area contributed by atoms with Crippen LogP contribution < -0.4 is 16.8 Å². The van der Waals surface area contributed by atoms with Crippen molar-refractivity contribution in [2.75, 3.05) is 6.54 Å². The summed E-state index contributed by atoms with van der Waals surface area (Å²) in [5, 5.41) is 11.5. The van der Waals surface area contributed by atoms with E-state index in [-0.39, 0.29) is 12.3 Å². The maximum absolute atomic E-state index is 11.3. The van der Waals surface area contributed by atoms with Crippen LogP contribution in [0.2, 0.25) is 0 Å². The highest BCUT2D eigenvalue weighted by Gasteiger charge is 2.27. The van der Waals surface area contributed by atoms with Crippen molar-refractivity contribution in [3.05, 3.63) is 0 Å². The second-order valence-corrected chi connectivity index (χ2v) is 4.61. The molecule has 6 N–H and O–H groups in total. The fraction of sp³-hybridized carbons (Fsp3) is 0.833. The lowest BCUT2D eigenvalue weighted by molar-refractivity contribution is -0.143. The topological polar surface area (TPSA) is 118 Å². The standard InChI is InChI=1S/C12H25N3O3/c1-2-3-4-7-10(16)15-9-6-5-8-12(13,14)11(17)18/h2-9,13-14H2,1H3,(H,15,16)(H,17,18). The highest BCUT2D eigenvalue weighted by molar-refractivity contribution is 5.77. The Morgan fingerprint density at radius 2 is 1.83 bits per heavy atom. The van der Waals surface area contributed by atoms with Gasteiger partial charge in [0.2, 0.25) is 5.91 Å². The van der Waals surface area contributed by atoms with Gasteiger partial charge in [-0.15, -0.1) is 0 Å². The number of carbonyl (C=O) groups excluding carboxylic acids is 1. The van der Waals surface area contributed by atoms with Crippen LogP contribution in [0, 0.1) is 0 Å². The third-order valence-corrected chi connectivity index (χ3v) is 2.74. The van der Waals surface area contributed by atoms with Gasteiger partial charge in [-0.25, -0.2) is 4.79 Å². The highest BCUT2D eigenvalue weighted by Crippen LogP contribution is 2.05. The van der Waals surface area contributed by atoms with Gasteiger partial charge in [-0.1, -0.05) is 19.8 Å². The van der Waals surface area contributed by atoms with Gasteiger partial charge in [0.1, 0.15) is 0 Å². The molecule has 0 heterocycles. The Labute approximate surface area is 108 Å². The first kappa shape index (κ1) is 16.9. The number of hydrogen-bond acceptors (Lipinski definition) is 4. The van der Waals surface area contributed by atoms with Crippen molar-refractivity contribution in [3.63, 3.8) is 0 Å². The molecule has 0 aliphatic heterocycles. The van der Waals surface area contributed by atoms with E-state index in [4.69, 9.17) is 16.6 Å². The number of carbonyl (C=O) groups is 2. The average molecular weight is 259 g/mol. The van der Waals surface area contributed by atoms with Crippen molar-refractivity contribution >= 4 is 11.9 Å². The minimum atomic E-state index is -1.66. The molecule has 1 amide bonds. The minimum Gasteiger partial charge on any atom is -0.479 e. The van der Waals surface area contributed by atoms with E-state index in [0.717, 1.165) is 19.3 Å². The summed E-state index contributed by atoms with van der Waals surface area (Å²) in [6, 6.07) is 0. The normalized spacial score (nSPS) is 11.3. The van der Waals surface area contributed by atoms with Crippen molar-refractivity contribution in [3.8, 4) is 0 Å². The quantitative estimate of drug-likeness (QED) is 0.337. The van der Waals surface area contributed by atoms with Crippen molar-refractivity contribution in [2.45, 2.75) is 57.5 Å². The molecule has 0 saturated carbocycles. The van der Waals surface area contributed by atoms with Gasteiger partial charge in [0.05, 0.1) is 0 Å². The molecule has 0 aromatic carbocycles. The zero-order chi connectivity index (χ0) is 14.0. The van der Waals surface area contributed by atoms with Gasteiger partial charge in [-0.3, -0.25) is 4.79 Å². The third-order valence-electron chi connectivity index (χ3n) is 2.74. The van der Waals surface area contributed by atoms with Crippen LogP contribution in [0.4, 0.5) is 0 Å². The van der Waals surface area contributed by atoms with Crippen LogP contribution in [0.5, 0.6) is 0 Å². The zero-order valence-electron chi connectivity index (χ0n) is 11.1. The lowest BCUT2D eigenvalue weighted by atomic mass is 10.0. The summed E-state index contributed by atoms with van der Waals surface area (Å²) in [6.45, 7) is 2.63. The number of aliphatic carboxylic acids is 1. The smallest absolute Gasteiger partial charge is 0.338 e. The van der Waals surface area contributed by atoms with Gasteiger partial charge in [-0.2, -0.15) is 0 Å². The molecule has 0 bridgehead atoms. The van der Waals surface area contributed by atoms with E-state index in [2.05, 4.69) is 12.2 Å². The van der Waals surface area contributed by atoms with Crippen molar-refractivity contribution in [1.29, 1.82) is 0 Å². The monoisotopic (exact) mass is 259 g/mol. The van der Waals surface area contributed by atoms with Gasteiger partial charge in [-0.05, 0) is 25.7 Å². The van der Waals surface area contributed by atoms with Crippen LogP contribution in [0.1, 0.15) is 51.9 Å². The van der Waals surface area contributed by atoms with Gasteiger partial charge in [0.25, 0.3) is 0 Å². The summed E-state index contributed by atoms with van der Waals surface area (Å²) in [5.41, 5.74) is 9.09. The van der Waals surface area contributed by atoms with E-state index in [1.54, 1.807) is 0 Å². The van der Waals surface area contributed by atoms with Gasteiger partial charge >= 0.3 is 5.97 Å². The maximum atomic E-state index is 11.3. The maximum Gasteiger partial charge on any atom is 0.338 e. The first-order valence-electron chi connectivity index (χ1n) is 6.48. The van der Waals surface area contributed by atoms with Gasteiger partial charge in [0, 0.05) is 13.0 Å². The Bertz CT molecular complexity index is 267. The summed E-state index contributed by atoms with van der Waals surface area (Å²) in [6.07, 6.45) is 5.09. The van der Waals surface area contributed by atoms with Gasteiger partial charge in [0.15, 0.2) is 5.66 Å². The number of amides is 1. The molecule has 0 unspecified atom stereocenters. The number of carboxylic acids is 1. The number of unbranched alkanes of at least 4 members (excludes halogenated alkanes) is 3. The average Bonchev–Trinajstić information content (AvgIpc) is 2.28. The molecule has 106 valence electrons. The van der Waals surface area contributed by atoms with Crippen LogP contribution in [0.15, 0.2) is 0 Å². The Morgan fingerprint density at radius 3 is 2.39 bits per heavy atom. The van der Waals surface area contributed by atoms with Crippen LogP contribution in [0.3, 0.4) is 0 Å². The molecule has 0 saturated heterocycles. The number of nitrogens with two attached hydrogens (primary N) is 2. The first-order valence-corrected chi connectivity index (χ1v) is 6.48. The zero-order valence-corrected chi connectivity index (χ0v) is 11.1. The lowest BCUT2D eigenvalue weighted by Crippen LogP contribution is -2.56. The first-order chi connectivity index (χ1) is 8.40. The van der Waals surface area contributed by atoms with Crippen LogP contribution in [-0.4, -0.2) is 29.2 Å². The van der Waals surface area contributed by atoms with Crippen LogP contribution >= 0.6 is 0 Å². The van der Waals surface area contributed by atoms with E-state index in [1.807, 2.05) is 0 Å². The largest absolute Gasteiger partial charge is 0.479 e. The summed E-state index contributed by atoms with van der Waals surface area (Å²) in [5.74, 6) is -1.15. The Kier molecular flexibility index (Phi) is 8.32. The molecular weight excluding hydrogens is 234 g/mol. The Morgan fingerprint density at radius 1 is 1.17 bits per heavy atom. The molecular formula is C12H25N3O3. The molecule has 0 radical (unpaired) electrons. The van der Waals surface area contributed by atoms with Crippen molar-refractivity contribution in [2.24, 2.45) is 11.5 Å². The summed E-state index contributed by atoms with van der Waals surface area (Å²) < 4.78 is 0. The summed E-state index contributed by atoms with van der Waals surface area (Å²) >= 11 is 0. The van der Waals surface area contributed by atoms with E-state index in [0.29, 0.717) is 25.8 Å². The number of carboxylic acid groups (broad SMARTS) is 1. The van der Waals surface area contributed by atoms with E-state index >= 15 is 0 Å². The SMILES string of the molecule is CCCCCC(=O)NCCCCC(N)(N)C(=O)O. The van der Waals surface area contributed by atoms with Crippen molar-refractivity contribution < 1.29 is 14.7 Å². The fourth-order valence-corrected chi connectivity index (χ4v) is 1.50. The molecule has 0 aromatic rings. The molecule has 0 spiro atoms.